The van der Waals surface area contributed by atoms with E-state index in [-0.39, 0.29) is 11.8 Å². The van der Waals surface area contributed by atoms with Crippen molar-refractivity contribution in [3.05, 3.63) is 35.4 Å². The highest BCUT2D eigenvalue weighted by Crippen LogP contribution is 2.28. The lowest BCUT2D eigenvalue weighted by atomic mass is 9.82. The average Bonchev–Trinajstić information content (AvgIpc) is 2.52. The van der Waals surface area contributed by atoms with Crippen LogP contribution in [0, 0.1) is 11.8 Å². The molecule has 2 N–H and O–H groups in total. The van der Waals surface area contributed by atoms with Crippen LogP contribution in [0.3, 0.4) is 0 Å². The van der Waals surface area contributed by atoms with Crippen molar-refractivity contribution < 1.29 is 4.79 Å². The molecule has 0 radical (unpaired) electrons. The second kappa shape index (κ2) is 6.61. The Morgan fingerprint density at radius 3 is 3.05 bits per heavy atom. The van der Waals surface area contributed by atoms with Gasteiger partial charge >= 0.3 is 0 Å². The van der Waals surface area contributed by atoms with E-state index in [9.17, 15) is 4.79 Å². The quantitative estimate of drug-likeness (QED) is 0.897. The van der Waals surface area contributed by atoms with Crippen molar-refractivity contribution in [1.82, 2.24) is 10.6 Å². The maximum atomic E-state index is 12.5. The fraction of sp³-hybridized carbons (Fsp3) is 0.611. The average molecular weight is 286 g/mol. The second-order valence-electron chi connectivity index (χ2n) is 6.77. The van der Waals surface area contributed by atoms with Gasteiger partial charge in [0.15, 0.2) is 0 Å². The van der Waals surface area contributed by atoms with E-state index in [2.05, 4.69) is 29.7 Å². The first-order chi connectivity index (χ1) is 10.2. The number of carbonyl (C=O) groups is 1. The Morgan fingerprint density at radius 2 is 2.19 bits per heavy atom. The third-order valence-electron chi connectivity index (χ3n) is 5.02. The summed E-state index contributed by atoms with van der Waals surface area (Å²) in [5, 5.41) is 6.56. The molecule has 0 bridgehead atoms. The van der Waals surface area contributed by atoms with Crippen molar-refractivity contribution in [3.8, 4) is 0 Å². The van der Waals surface area contributed by atoms with Crippen molar-refractivity contribution >= 4 is 5.91 Å². The summed E-state index contributed by atoms with van der Waals surface area (Å²) in [4.78, 5) is 12.5. The molecule has 0 aromatic heterocycles. The van der Waals surface area contributed by atoms with E-state index in [1.807, 2.05) is 12.1 Å². The highest BCUT2D eigenvalue weighted by molar-refractivity contribution is 5.84. The molecule has 1 aromatic carbocycles. The Labute approximate surface area is 127 Å². The molecule has 1 aliphatic heterocycles. The summed E-state index contributed by atoms with van der Waals surface area (Å²) in [6, 6.07) is 8.30. The summed E-state index contributed by atoms with van der Waals surface area (Å²) in [6.07, 6.45) is 5.20. The van der Waals surface area contributed by atoms with Crippen LogP contribution < -0.4 is 10.6 Å². The maximum Gasteiger partial charge on any atom is 0.228 e. The molecule has 1 fully saturated rings. The highest BCUT2D eigenvalue weighted by Gasteiger charge is 2.27. The molecule has 0 spiro atoms. The first-order valence-electron chi connectivity index (χ1n) is 8.30. The number of nitrogens with one attached hydrogen (secondary N) is 2. The van der Waals surface area contributed by atoms with Gasteiger partial charge in [-0.2, -0.15) is 0 Å². The molecule has 3 rings (SSSR count). The highest BCUT2D eigenvalue weighted by atomic mass is 16.1. The molecule has 0 saturated heterocycles. The Bertz CT molecular complexity index is 500. The van der Waals surface area contributed by atoms with Crippen molar-refractivity contribution in [1.29, 1.82) is 0 Å². The van der Waals surface area contributed by atoms with Gasteiger partial charge in [-0.05, 0) is 35.8 Å². The molecule has 1 aromatic rings. The number of hydrogen-bond acceptors (Lipinski definition) is 2. The van der Waals surface area contributed by atoms with E-state index >= 15 is 0 Å². The minimum Gasteiger partial charge on any atom is -0.355 e. The normalized spacial score (nSPS) is 28.7. The van der Waals surface area contributed by atoms with Crippen LogP contribution in [0.25, 0.3) is 0 Å². The Morgan fingerprint density at radius 1 is 1.33 bits per heavy atom. The molecule has 1 amide bonds. The van der Waals surface area contributed by atoms with Crippen LogP contribution in [-0.4, -0.2) is 19.0 Å². The van der Waals surface area contributed by atoms with Crippen LogP contribution in [0.5, 0.6) is 0 Å². The lowest BCUT2D eigenvalue weighted by Gasteiger charge is -2.29. The molecule has 21 heavy (non-hydrogen) atoms. The monoisotopic (exact) mass is 286 g/mol. The van der Waals surface area contributed by atoms with Gasteiger partial charge < -0.3 is 10.6 Å². The molecule has 3 heteroatoms. The summed E-state index contributed by atoms with van der Waals surface area (Å²) in [6.45, 7) is 4.81. The van der Waals surface area contributed by atoms with Crippen molar-refractivity contribution in [2.75, 3.05) is 13.1 Å². The number of fused-ring (bicyclic) bond motifs is 1. The van der Waals surface area contributed by atoms with E-state index < -0.39 is 0 Å². The summed E-state index contributed by atoms with van der Waals surface area (Å²) >= 11 is 0. The predicted octanol–water partition coefficient (Wildman–Crippen LogP) is 2.82. The molecular weight excluding hydrogens is 260 g/mol. The summed E-state index contributed by atoms with van der Waals surface area (Å²) in [5.41, 5.74) is 2.46. The van der Waals surface area contributed by atoms with Crippen molar-refractivity contribution in [2.45, 2.75) is 45.1 Å². The number of amides is 1. The standard InChI is InChI=1S/C18H26N2O/c1-13-5-4-6-14(9-13)10-20-18(21)17-12-19-11-15-7-2-3-8-16(15)17/h2-3,7-8,13-14,17,19H,4-6,9-12H2,1H3,(H,20,21). The van der Waals surface area contributed by atoms with Gasteiger partial charge in [-0.1, -0.05) is 44.0 Å². The Kier molecular flexibility index (Phi) is 4.59. The van der Waals surface area contributed by atoms with Gasteiger partial charge in [-0.3, -0.25) is 4.79 Å². The van der Waals surface area contributed by atoms with Crippen molar-refractivity contribution in [2.24, 2.45) is 11.8 Å². The minimum atomic E-state index is -0.0315. The first-order valence-corrected chi connectivity index (χ1v) is 8.30. The molecule has 3 unspecified atom stereocenters. The van der Waals surface area contributed by atoms with E-state index in [1.54, 1.807) is 0 Å². The third kappa shape index (κ3) is 3.46. The van der Waals surface area contributed by atoms with Gasteiger partial charge in [0.1, 0.15) is 0 Å². The Balaban J connectivity index is 1.59. The lowest BCUT2D eigenvalue weighted by Crippen LogP contribution is -2.40. The molecule has 1 aliphatic carbocycles. The van der Waals surface area contributed by atoms with Gasteiger partial charge in [0.25, 0.3) is 0 Å². The van der Waals surface area contributed by atoms with E-state index in [4.69, 9.17) is 0 Å². The SMILES string of the molecule is CC1CCCC(CNC(=O)C2CNCc3ccccc32)C1. The van der Waals surface area contributed by atoms with Crippen LogP contribution >= 0.6 is 0 Å². The minimum absolute atomic E-state index is 0.0315. The first kappa shape index (κ1) is 14.6. The predicted molar refractivity (Wildman–Crippen MR) is 85.0 cm³/mol. The molecule has 114 valence electrons. The van der Waals surface area contributed by atoms with Gasteiger partial charge in [0.2, 0.25) is 5.91 Å². The molecule has 3 atom stereocenters. The van der Waals surface area contributed by atoms with Gasteiger partial charge in [0.05, 0.1) is 5.92 Å². The fourth-order valence-electron chi connectivity index (χ4n) is 3.84. The Hall–Kier alpha value is -1.35. The fourth-order valence-corrected chi connectivity index (χ4v) is 3.84. The van der Waals surface area contributed by atoms with Crippen LogP contribution in [0.1, 0.15) is 49.7 Å². The van der Waals surface area contributed by atoms with E-state index in [1.165, 1.54) is 36.8 Å². The summed E-state index contributed by atoms with van der Waals surface area (Å²) < 4.78 is 0. The van der Waals surface area contributed by atoms with Crippen LogP contribution in [0.4, 0.5) is 0 Å². The zero-order chi connectivity index (χ0) is 14.7. The number of carbonyl (C=O) groups excluding carboxylic acids is 1. The van der Waals surface area contributed by atoms with E-state index in [0.29, 0.717) is 5.92 Å². The summed E-state index contributed by atoms with van der Waals surface area (Å²) in [7, 11) is 0. The zero-order valence-corrected chi connectivity index (χ0v) is 12.9. The van der Waals surface area contributed by atoms with Crippen LogP contribution in [-0.2, 0) is 11.3 Å². The number of benzene rings is 1. The van der Waals surface area contributed by atoms with Crippen LogP contribution in [0.15, 0.2) is 24.3 Å². The molecular formula is C18H26N2O. The molecule has 2 aliphatic rings. The molecule has 3 nitrogen and oxygen atoms in total. The molecule has 1 saturated carbocycles. The van der Waals surface area contributed by atoms with Crippen molar-refractivity contribution in [3.63, 3.8) is 0 Å². The second-order valence-corrected chi connectivity index (χ2v) is 6.77. The third-order valence-corrected chi connectivity index (χ3v) is 5.02. The smallest absolute Gasteiger partial charge is 0.228 e. The number of hydrogen-bond donors (Lipinski definition) is 2. The van der Waals surface area contributed by atoms with Crippen LogP contribution in [0.2, 0.25) is 0 Å². The largest absolute Gasteiger partial charge is 0.355 e. The van der Waals surface area contributed by atoms with E-state index in [0.717, 1.165) is 25.6 Å². The van der Waals surface area contributed by atoms with Gasteiger partial charge in [0, 0.05) is 19.6 Å². The maximum absolute atomic E-state index is 12.5. The zero-order valence-electron chi connectivity index (χ0n) is 12.9. The summed E-state index contributed by atoms with van der Waals surface area (Å²) in [5.74, 6) is 1.64. The topological polar surface area (TPSA) is 41.1 Å². The van der Waals surface area contributed by atoms with Gasteiger partial charge in [-0.25, -0.2) is 0 Å². The van der Waals surface area contributed by atoms with Gasteiger partial charge in [-0.15, -0.1) is 0 Å². The number of rotatable bonds is 3. The lowest BCUT2D eigenvalue weighted by molar-refractivity contribution is -0.122. The molecule has 1 heterocycles.